The average Bonchev–Trinajstić information content (AvgIpc) is 3.79. The van der Waals surface area contributed by atoms with Gasteiger partial charge >= 0.3 is 0 Å². The number of benzene rings is 4. The second-order valence-electron chi connectivity index (χ2n) is 13.2. The largest absolute Gasteiger partial charge is 0.305 e. The topological polar surface area (TPSA) is 143 Å². The fraction of sp³-hybridized carbons (Fsp3) is 0.243. The van der Waals surface area contributed by atoms with E-state index in [1.807, 2.05) is 50.5 Å². The molecule has 6 aromatic rings. The molecule has 2 aliphatic rings. The van der Waals surface area contributed by atoms with Crippen LogP contribution in [0.25, 0.3) is 32.9 Å². The number of thiol groups is 2. The lowest BCUT2D eigenvalue weighted by Gasteiger charge is -2.30. The quantitative estimate of drug-likeness (QED) is 0.140. The van der Waals surface area contributed by atoms with E-state index in [4.69, 9.17) is 0 Å². The molecule has 4 aromatic carbocycles. The Balaban J connectivity index is 0.853. The Morgan fingerprint density at radius 2 is 0.943 bits per heavy atom. The van der Waals surface area contributed by atoms with E-state index in [1.165, 1.54) is 9.80 Å². The number of nitrogens with zero attached hydrogens (tertiary/aromatic N) is 10. The molecule has 4 heterocycles. The van der Waals surface area contributed by atoms with Crippen LogP contribution in [0.1, 0.15) is 47.9 Å². The molecule has 8 rings (SSSR count). The monoisotopic (exact) mass is 746 g/mol. The average molecular weight is 747 g/mol. The molecule has 14 nitrogen and oxygen atoms in total. The second-order valence-corrected chi connectivity index (χ2v) is 14.0. The van der Waals surface area contributed by atoms with Crippen LogP contribution >= 0.6 is 25.3 Å². The SMILES string of the molecule is CN(CCCN(C)CCN1C(=O)c2cccc3c(-n4cnc(S)n4)ccc(c23)C1=O)CCN1C(=O)c2cccc3c(-n4cnc(S)n4)ccc(c23)C1=O. The van der Waals surface area contributed by atoms with Gasteiger partial charge in [0.25, 0.3) is 23.6 Å². The van der Waals surface area contributed by atoms with Crippen LogP contribution in [-0.4, -0.2) is 126 Å². The third-order valence-electron chi connectivity index (χ3n) is 9.88. The van der Waals surface area contributed by atoms with Crippen LogP contribution in [-0.2, 0) is 0 Å². The Hall–Kier alpha value is -5.42. The van der Waals surface area contributed by atoms with Gasteiger partial charge in [-0.15, -0.1) is 35.5 Å². The molecule has 2 aliphatic heterocycles. The molecule has 16 heteroatoms. The zero-order chi connectivity index (χ0) is 37.0. The predicted octanol–water partition coefficient (Wildman–Crippen LogP) is 3.88. The van der Waals surface area contributed by atoms with Crippen LogP contribution in [0.15, 0.2) is 83.6 Å². The van der Waals surface area contributed by atoms with Gasteiger partial charge in [0, 0.05) is 70.0 Å². The number of hydrogen-bond donors (Lipinski definition) is 2. The van der Waals surface area contributed by atoms with Crippen LogP contribution < -0.4 is 0 Å². The smallest absolute Gasteiger partial charge is 0.261 e. The Labute approximate surface area is 314 Å². The summed E-state index contributed by atoms with van der Waals surface area (Å²) < 4.78 is 3.17. The van der Waals surface area contributed by atoms with Gasteiger partial charge in [0.15, 0.2) is 0 Å². The first kappa shape index (κ1) is 34.7. The van der Waals surface area contributed by atoms with Gasteiger partial charge in [-0.25, -0.2) is 19.3 Å². The number of amides is 4. The highest BCUT2D eigenvalue weighted by molar-refractivity contribution is 7.80. The van der Waals surface area contributed by atoms with E-state index in [9.17, 15) is 19.2 Å². The lowest BCUT2D eigenvalue weighted by atomic mass is 9.93. The van der Waals surface area contributed by atoms with Crippen molar-refractivity contribution in [3.05, 3.63) is 95.6 Å². The molecule has 268 valence electrons. The van der Waals surface area contributed by atoms with E-state index in [0.29, 0.717) is 67.8 Å². The summed E-state index contributed by atoms with van der Waals surface area (Å²) in [6.45, 7) is 2.95. The number of rotatable bonds is 12. The van der Waals surface area contributed by atoms with Gasteiger partial charge in [0.05, 0.1) is 11.4 Å². The fourth-order valence-corrected chi connectivity index (χ4v) is 7.48. The molecule has 0 spiro atoms. The minimum Gasteiger partial charge on any atom is -0.305 e. The van der Waals surface area contributed by atoms with Gasteiger partial charge in [-0.2, -0.15) is 0 Å². The summed E-state index contributed by atoms with van der Waals surface area (Å²) in [4.78, 5) is 69.4. The first-order valence-electron chi connectivity index (χ1n) is 17.0. The Morgan fingerprint density at radius 1 is 0.547 bits per heavy atom. The summed E-state index contributed by atoms with van der Waals surface area (Å²) in [6, 6.07) is 18.0. The molecule has 0 atom stereocenters. The molecule has 0 radical (unpaired) electrons. The number of carbonyl (C=O) groups is 4. The molecule has 53 heavy (non-hydrogen) atoms. The van der Waals surface area contributed by atoms with E-state index >= 15 is 0 Å². The summed E-state index contributed by atoms with van der Waals surface area (Å²) in [5.41, 5.74) is 3.32. The molecular formula is C37H34N10O4S2. The van der Waals surface area contributed by atoms with E-state index in [1.54, 1.807) is 46.3 Å². The summed E-state index contributed by atoms with van der Waals surface area (Å²) in [6.07, 6.45) is 3.90. The van der Waals surface area contributed by atoms with Gasteiger partial charge in [-0.05, 0) is 70.0 Å². The van der Waals surface area contributed by atoms with Crippen molar-refractivity contribution < 1.29 is 19.2 Å². The zero-order valence-electron chi connectivity index (χ0n) is 28.9. The highest BCUT2D eigenvalue weighted by atomic mass is 32.1. The number of aromatic nitrogens is 6. The molecule has 0 aliphatic carbocycles. The second kappa shape index (κ2) is 13.9. The summed E-state index contributed by atoms with van der Waals surface area (Å²) >= 11 is 8.40. The standard InChI is InChI=1S/C37H34N10O4S2/c1-42(16-18-44-32(48)24-8-3-6-22-28(46-20-38-36(52)40-46)12-10-26(30(22)24)34(44)50)14-5-15-43(2)17-19-45-33(49)25-9-4-7-23-29(47-21-39-37(53)41-47)13-11-27(31(23)25)35(45)51/h3-4,6-13,20-21H,5,14-19H2,1-2H3,(H,40,52)(H,41,53). The lowest BCUT2D eigenvalue weighted by molar-refractivity contribution is 0.0585. The maximum Gasteiger partial charge on any atom is 0.261 e. The summed E-state index contributed by atoms with van der Waals surface area (Å²) in [5.74, 6) is -1.30. The van der Waals surface area contributed by atoms with Crippen molar-refractivity contribution in [3.63, 3.8) is 0 Å². The van der Waals surface area contributed by atoms with Gasteiger partial charge in [-0.1, -0.05) is 24.3 Å². The highest BCUT2D eigenvalue weighted by Crippen LogP contribution is 2.35. The Morgan fingerprint density at radius 3 is 1.32 bits per heavy atom. The molecule has 0 saturated heterocycles. The van der Waals surface area contributed by atoms with Crippen LogP contribution in [0, 0.1) is 0 Å². The normalized spacial score (nSPS) is 14.2. The third-order valence-corrected chi connectivity index (χ3v) is 10.3. The maximum atomic E-state index is 13.6. The summed E-state index contributed by atoms with van der Waals surface area (Å²) in [5, 5.41) is 11.9. The molecule has 4 amide bonds. The van der Waals surface area contributed by atoms with Crippen LogP contribution in [0.2, 0.25) is 0 Å². The first-order chi connectivity index (χ1) is 25.6. The van der Waals surface area contributed by atoms with E-state index < -0.39 is 0 Å². The summed E-state index contributed by atoms with van der Waals surface area (Å²) in [7, 11) is 3.92. The maximum absolute atomic E-state index is 13.6. The van der Waals surface area contributed by atoms with Gasteiger partial charge in [-0.3, -0.25) is 29.0 Å². The van der Waals surface area contributed by atoms with Crippen molar-refractivity contribution in [3.8, 4) is 11.4 Å². The molecule has 0 unspecified atom stereocenters. The van der Waals surface area contributed by atoms with E-state index in [0.717, 1.165) is 30.3 Å². The van der Waals surface area contributed by atoms with Gasteiger partial charge in [0.1, 0.15) is 12.7 Å². The van der Waals surface area contributed by atoms with Crippen molar-refractivity contribution in [2.75, 3.05) is 53.4 Å². The lowest BCUT2D eigenvalue weighted by Crippen LogP contribution is -2.45. The van der Waals surface area contributed by atoms with Crippen LogP contribution in [0.5, 0.6) is 0 Å². The molecule has 0 saturated carbocycles. The molecule has 0 bridgehead atoms. The van der Waals surface area contributed by atoms with E-state index in [-0.39, 0.29) is 36.7 Å². The minimum absolute atomic E-state index is 0.248. The zero-order valence-corrected chi connectivity index (χ0v) is 30.7. The molecule has 0 N–H and O–H groups in total. The first-order valence-corrected chi connectivity index (χ1v) is 17.9. The van der Waals surface area contributed by atoms with Crippen LogP contribution in [0.4, 0.5) is 0 Å². The minimum atomic E-state index is -0.324. The number of hydrogen-bond acceptors (Lipinski definition) is 12. The van der Waals surface area contributed by atoms with Crippen molar-refractivity contribution in [2.24, 2.45) is 0 Å². The molecule has 0 fully saturated rings. The van der Waals surface area contributed by atoms with Crippen molar-refractivity contribution >= 4 is 70.4 Å². The number of likely N-dealkylation sites (N-methyl/N-ethyl adjacent to an activating group) is 2. The van der Waals surface area contributed by atoms with Crippen LogP contribution in [0.3, 0.4) is 0 Å². The molecule has 2 aromatic heterocycles. The number of carbonyl (C=O) groups excluding carboxylic acids is 4. The number of imide groups is 2. The molecular weight excluding hydrogens is 713 g/mol. The van der Waals surface area contributed by atoms with Crippen molar-refractivity contribution in [1.29, 1.82) is 0 Å². The predicted molar refractivity (Wildman–Crippen MR) is 203 cm³/mol. The van der Waals surface area contributed by atoms with E-state index in [2.05, 4.69) is 55.2 Å². The highest BCUT2D eigenvalue weighted by Gasteiger charge is 2.35. The van der Waals surface area contributed by atoms with Gasteiger partial charge in [0.2, 0.25) is 10.3 Å². The van der Waals surface area contributed by atoms with Gasteiger partial charge < -0.3 is 9.80 Å². The fourth-order valence-electron chi connectivity index (χ4n) is 7.18. The van der Waals surface area contributed by atoms with Crippen molar-refractivity contribution in [1.82, 2.24) is 49.1 Å². The third kappa shape index (κ3) is 6.16. The van der Waals surface area contributed by atoms with Crippen molar-refractivity contribution in [2.45, 2.75) is 16.7 Å². The Kier molecular flexibility index (Phi) is 9.06. The Bertz CT molecular complexity index is 2270.